The molecule has 2 aromatic carbocycles. The van der Waals surface area contributed by atoms with Gasteiger partial charge in [0.2, 0.25) is 15.9 Å². The molecule has 3 rings (SSSR count). The Bertz CT molecular complexity index is 1080. The van der Waals surface area contributed by atoms with Gasteiger partial charge in [-0.3, -0.25) is 9.59 Å². The van der Waals surface area contributed by atoms with Crippen molar-refractivity contribution < 1.29 is 18.0 Å². The first-order chi connectivity index (χ1) is 14.6. The Hall–Kier alpha value is -2.71. The number of sulfonamides is 1. The van der Waals surface area contributed by atoms with Gasteiger partial charge >= 0.3 is 0 Å². The maximum Gasteiger partial charge on any atom is 0.255 e. The van der Waals surface area contributed by atoms with Crippen LogP contribution in [0.3, 0.4) is 0 Å². The first-order valence-corrected chi connectivity index (χ1v) is 11.8. The lowest BCUT2D eigenvalue weighted by Crippen LogP contribution is -2.36. The van der Waals surface area contributed by atoms with Crippen molar-refractivity contribution in [1.82, 2.24) is 4.31 Å². The van der Waals surface area contributed by atoms with Crippen molar-refractivity contribution >= 4 is 33.2 Å². The number of nitrogens with zero attached hydrogens (tertiary/aromatic N) is 2. The Morgan fingerprint density at radius 3 is 2.39 bits per heavy atom. The maximum absolute atomic E-state index is 12.6. The topological polar surface area (TPSA) is 86.8 Å². The molecule has 1 heterocycles. The van der Waals surface area contributed by atoms with Gasteiger partial charge in [0.05, 0.1) is 4.90 Å². The van der Waals surface area contributed by atoms with E-state index in [0.29, 0.717) is 36.6 Å². The Morgan fingerprint density at radius 1 is 1.10 bits per heavy atom. The number of nitrogens with one attached hydrogen (secondary N) is 1. The minimum absolute atomic E-state index is 0.133. The number of fused-ring (bicyclic) bond motifs is 1. The van der Waals surface area contributed by atoms with Gasteiger partial charge in [-0.2, -0.15) is 0 Å². The van der Waals surface area contributed by atoms with Crippen LogP contribution in [0.1, 0.15) is 42.6 Å². The molecule has 0 unspecified atom stereocenters. The third kappa shape index (κ3) is 5.14. The molecule has 2 aromatic rings. The molecule has 0 aliphatic carbocycles. The van der Waals surface area contributed by atoms with Gasteiger partial charge in [-0.25, -0.2) is 12.7 Å². The summed E-state index contributed by atoms with van der Waals surface area (Å²) in [5, 5.41) is 2.86. The lowest BCUT2D eigenvalue weighted by molar-refractivity contribution is -0.118. The molecule has 1 N–H and O–H groups in total. The largest absolute Gasteiger partial charge is 0.322 e. The van der Waals surface area contributed by atoms with E-state index in [0.717, 1.165) is 22.0 Å². The van der Waals surface area contributed by atoms with Gasteiger partial charge in [0.1, 0.15) is 0 Å². The van der Waals surface area contributed by atoms with Crippen LogP contribution in [0.5, 0.6) is 0 Å². The first-order valence-electron chi connectivity index (χ1n) is 10.4. The van der Waals surface area contributed by atoms with Crippen molar-refractivity contribution in [3.05, 3.63) is 53.6 Å². The molecule has 0 bridgehead atoms. The Labute approximate surface area is 184 Å². The molecule has 0 aromatic heterocycles. The van der Waals surface area contributed by atoms with Crippen LogP contribution in [-0.2, 0) is 21.2 Å². The highest BCUT2D eigenvalue weighted by molar-refractivity contribution is 7.89. The van der Waals surface area contributed by atoms with Gasteiger partial charge < -0.3 is 10.2 Å². The zero-order chi connectivity index (χ0) is 22.8. The highest BCUT2D eigenvalue weighted by Crippen LogP contribution is 2.31. The van der Waals surface area contributed by atoms with Crippen LogP contribution in [0.25, 0.3) is 0 Å². The molecule has 8 heteroatoms. The van der Waals surface area contributed by atoms with Gasteiger partial charge in [-0.1, -0.05) is 13.8 Å². The van der Waals surface area contributed by atoms with E-state index in [2.05, 4.69) is 19.2 Å². The van der Waals surface area contributed by atoms with Crippen molar-refractivity contribution in [2.75, 3.05) is 30.9 Å². The fourth-order valence-corrected chi connectivity index (χ4v) is 4.36. The molecule has 0 radical (unpaired) electrons. The normalized spacial score (nSPS) is 14.1. The Morgan fingerprint density at radius 2 is 1.77 bits per heavy atom. The van der Waals surface area contributed by atoms with E-state index >= 15 is 0 Å². The number of carbonyl (C=O) groups is 2. The van der Waals surface area contributed by atoms with Crippen LogP contribution in [-0.4, -0.2) is 45.2 Å². The van der Waals surface area contributed by atoms with E-state index in [1.807, 2.05) is 17.0 Å². The fourth-order valence-electron chi connectivity index (χ4n) is 3.46. The molecule has 166 valence electrons. The SMILES string of the molecule is CC(C)CCN1C(=O)CCc2cc(NC(=O)c3ccc(S(=O)(=O)N(C)C)cc3)ccc21. The highest BCUT2D eigenvalue weighted by atomic mass is 32.2. The predicted molar refractivity (Wildman–Crippen MR) is 122 cm³/mol. The van der Waals surface area contributed by atoms with Crippen molar-refractivity contribution in [3.63, 3.8) is 0 Å². The molecule has 0 fully saturated rings. The third-order valence-electron chi connectivity index (χ3n) is 5.36. The standard InChI is InChI=1S/C23H29N3O4S/c1-16(2)13-14-26-21-11-8-19(15-18(21)7-12-22(26)27)24-23(28)17-5-9-20(10-6-17)31(29,30)25(3)4/h5-6,8-11,15-16H,7,12-14H2,1-4H3,(H,24,28). The minimum atomic E-state index is -3.54. The molecular weight excluding hydrogens is 414 g/mol. The second-order valence-corrected chi connectivity index (χ2v) is 10.5. The van der Waals surface area contributed by atoms with Gasteiger partial charge in [-0.05, 0) is 66.8 Å². The second kappa shape index (κ2) is 9.20. The highest BCUT2D eigenvalue weighted by Gasteiger charge is 2.24. The maximum atomic E-state index is 12.6. The fraction of sp³-hybridized carbons (Fsp3) is 0.391. The third-order valence-corrected chi connectivity index (χ3v) is 7.19. The van der Waals surface area contributed by atoms with Crippen molar-refractivity contribution in [2.45, 2.75) is 38.0 Å². The van der Waals surface area contributed by atoms with Crippen LogP contribution in [0.15, 0.2) is 47.4 Å². The lowest BCUT2D eigenvalue weighted by atomic mass is 9.99. The van der Waals surface area contributed by atoms with Gasteiger partial charge in [0.15, 0.2) is 0 Å². The van der Waals surface area contributed by atoms with Gasteiger partial charge in [0.25, 0.3) is 5.91 Å². The summed E-state index contributed by atoms with van der Waals surface area (Å²) >= 11 is 0. The van der Waals surface area contributed by atoms with E-state index in [4.69, 9.17) is 0 Å². The monoisotopic (exact) mass is 443 g/mol. The average molecular weight is 444 g/mol. The molecule has 1 aliphatic heterocycles. The number of rotatable bonds is 7. The number of anilines is 2. The quantitative estimate of drug-likeness (QED) is 0.709. The lowest BCUT2D eigenvalue weighted by Gasteiger charge is -2.30. The number of hydrogen-bond acceptors (Lipinski definition) is 4. The van der Waals surface area contributed by atoms with Crippen molar-refractivity contribution in [3.8, 4) is 0 Å². The van der Waals surface area contributed by atoms with E-state index in [1.165, 1.54) is 38.4 Å². The summed E-state index contributed by atoms with van der Waals surface area (Å²) < 4.78 is 25.5. The molecule has 7 nitrogen and oxygen atoms in total. The van der Waals surface area contributed by atoms with Crippen LogP contribution < -0.4 is 10.2 Å². The van der Waals surface area contributed by atoms with Crippen LogP contribution in [0.4, 0.5) is 11.4 Å². The molecular formula is C23H29N3O4S. The molecule has 0 saturated heterocycles. The zero-order valence-corrected chi connectivity index (χ0v) is 19.2. The molecule has 31 heavy (non-hydrogen) atoms. The van der Waals surface area contributed by atoms with Gasteiger partial charge in [-0.15, -0.1) is 0 Å². The van der Waals surface area contributed by atoms with Crippen molar-refractivity contribution in [2.24, 2.45) is 5.92 Å². The van der Waals surface area contributed by atoms with E-state index in [-0.39, 0.29) is 16.7 Å². The van der Waals surface area contributed by atoms with Crippen LogP contribution >= 0.6 is 0 Å². The van der Waals surface area contributed by atoms with Crippen LogP contribution in [0.2, 0.25) is 0 Å². The summed E-state index contributed by atoms with van der Waals surface area (Å²) in [5.41, 5.74) is 2.96. The minimum Gasteiger partial charge on any atom is -0.322 e. The summed E-state index contributed by atoms with van der Waals surface area (Å²) in [6, 6.07) is 11.4. The number of aryl methyl sites for hydroxylation is 1. The summed E-state index contributed by atoms with van der Waals surface area (Å²) in [6.07, 6.45) is 2.04. The number of hydrogen-bond donors (Lipinski definition) is 1. The average Bonchev–Trinajstić information content (AvgIpc) is 2.73. The Kier molecular flexibility index (Phi) is 6.81. The molecule has 0 atom stereocenters. The van der Waals surface area contributed by atoms with Crippen LogP contribution in [0, 0.1) is 5.92 Å². The molecule has 0 spiro atoms. The Balaban J connectivity index is 1.75. The second-order valence-electron chi connectivity index (χ2n) is 8.34. The van der Waals surface area contributed by atoms with E-state index in [9.17, 15) is 18.0 Å². The van der Waals surface area contributed by atoms with E-state index in [1.54, 1.807) is 6.07 Å². The first kappa shape index (κ1) is 23.0. The number of benzene rings is 2. The number of amides is 2. The van der Waals surface area contributed by atoms with Crippen molar-refractivity contribution in [1.29, 1.82) is 0 Å². The molecule has 1 aliphatic rings. The zero-order valence-electron chi connectivity index (χ0n) is 18.4. The molecule has 2 amide bonds. The number of carbonyl (C=O) groups excluding carboxylic acids is 2. The predicted octanol–water partition coefficient (Wildman–Crippen LogP) is 3.51. The molecule has 0 saturated carbocycles. The summed E-state index contributed by atoms with van der Waals surface area (Å²) in [4.78, 5) is 27.0. The summed E-state index contributed by atoms with van der Waals surface area (Å²) in [5.74, 6) is 0.325. The summed E-state index contributed by atoms with van der Waals surface area (Å²) in [6.45, 7) is 4.96. The van der Waals surface area contributed by atoms with E-state index < -0.39 is 10.0 Å². The smallest absolute Gasteiger partial charge is 0.255 e. The summed E-state index contributed by atoms with van der Waals surface area (Å²) in [7, 11) is -0.615. The van der Waals surface area contributed by atoms with Gasteiger partial charge in [0, 0.05) is 44.0 Å².